The van der Waals surface area contributed by atoms with E-state index in [0.717, 1.165) is 94.2 Å². The van der Waals surface area contributed by atoms with E-state index in [9.17, 15) is 33.7 Å². The zero-order valence-corrected chi connectivity index (χ0v) is 50.1. The van der Waals surface area contributed by atoms with Crippen molar-refractivity contribution >= 4 is 129 Å². The molecule has 0 saturated carbocycles. The third-order valence-corrected chi connectivity index (χ3v) is 17.1. The molecule has 0 fully saturated rings. The minimum atomic E-state index is -4.17. The Bertz CT molecular complexity index is 4960. The molecule has 12 aromatic carbocycles. The molecule has 0 unspecified atom stereocenters. The van der Waals surface area contributed by atoms with Crippen LogP contribution in [-0.4, -0.2) is 58.9 Å². The predicted octanol–water partition coefficient (Wildman–Crippen LogP) is 16.0. The Hall–Kier alpha value is -9.48. The molecule has 0 aliphatic heterocycles. The summed E-state index contributed by atoms with van der Waals surface area (Å²) < 4.78 is 126. The molecule has 0 amide bonds. The van der Waals surface area contributed by atoms with Crippen LogP contribution in [0, 0.1) is 13.8 Å². The smallest absolute Gasteiger partial charge is 0.294 e. The van der Waals surface area contributed by atoms with Gasteiger partial charge in [0.25, 0.3) is 40.5 Å². The lowest BCUT2D eigenvalue weighted by atomic mass is 10.1. The van der Waals surface area contributed by atoms with E-state index in [-0.39, 0.29) is 19.6 Å². The number of hydrogen-bond acceptors (Lipinski definition) is 12. The first-order chi connectivity index (χ1) is 41.3. The van der Waals surface area contributed by atoms with Crippen molar-refractivity contribution in [2.75, 3.05) is 27.9 Å². The molecule has 7 N–H and O–H groups in total. The normalized spacial score (nSPS) is 11.5. The molecule has 0 radical (unpaired) electrons. The van der Waals surface area contributed by atoms with Gasteiger partial charge < -0.3 is 20.9 Å². The second-order valence-electron chi connectivity index (χ2n) is 20.1. The van der Waals surface area contributed by atoms with Crippen molar-refractivity contribution in [1.82, 2.24) is 0 Å². The zero-order chi connectivity index (χ0) is 62.1. The summed E-state index contributed by atoms with van der Waals surface area (Å²) in [6.45, 7) is 4.06. The SMILES string of the molecule is CN(c1ccccc1)c1ccc2cc(S(=O)(=O)O)ccc2c1.Cc1cccc(Nc2ccc3cc(S(=O)(=O)O)ccc3c2)c1.Cc1ccccc1Nc1ccc2cc(S(=O)(=O)O)ccc2c1.O=S(=O)(O)c1ccc2cc(Nc3ccccc3)ccc2c1. The van der Waals surface area contributed by atoms with Crippen LogP contribution in [0.5, 0.6) is 0 Å². The first-order valence-corrected chi connectivity index (χ1v) is 32.4. The fraction of sp³-hybridized carbons (Fsp3) is 0.0448. The van der Waals surface area contributed by atoms with Crippen LogP contribution in [0.15, 0.2) is 274 Å². The first kappa shape index (κ1) is 62.1. The number of fused-ring (bicyclic) bond motifs is 4. The van der Waals surface area contributed by atoms with E-state index in [2.05, 4.69) is 20.9 Å². The summed E-state index contributed by atoms with van der Waals surface area (Å²) >= 11 is 0. The molecular formula is C67H58N4O12S4. The number of aryl methyl sites for hydroxylation is 2. The summed E-state index contributed by atoms with van der Waals surface area (Å²) in [6, 6.07) is 76.6. The van der Waals surface area contributed by atoms with Gasteiger partial charge in [0.15, 0.2) is 0 Å². The Morgan fingerprint density at radius 3 is 1.05 bits per heavy atom. The molecule has 0 saturated heterocycles. The number of hydrogen-bond donors (Lipinski definition) is 7. The van der Waals surface area contributed by atoms with Crippen LogP contribution in [0.2, 0.25) is 0 Å². The monoisotopic (exact) mass is 1240 g/mol. The fourth-order valence-corrected chi connectivity index (χ4v) is 11.3. The highest BCUT2D eigenvalue weighted by Crippen LogP contribution is 2.31. The van der Waals surface area contributed by atoms with Gasteiger partial charge in [0.2, 0.25) is 0 Å². The average molecular weight is 1240 g/mol. The molecule has 16 nitrogen and oxygen atoms in total. The van der Waals surface area contributed by atoms with E-state index in [1.165, 1.54) is 54.1 Å². The van der Waals surface area contributed by atoms with Crippen molar-refractivity contribution in [1.29, 1.82) is 0 Å². The molecule has 12 aromatic rings. The van der Waals surface area contributed by atoms with Crippen molar-refractivity contribution in [2.45, 2.75) is 33.4 Å². The largest absolute Gasteiger partial charge is 0.356 e. The zero-order valence-electron chi connectivity index (χ0n) is 46.9. The van der Waals surface area contributed by atoms with Crippen LogP contribution >= 0.6 is 0 Å². The van der Waals surface area contributed by atoms with Gasteiger partial charge in [-0.15, -0.1) is 0 Å². The number of nitrogens with one attached hydrogen (secondary N) is 3. The summed E-state index contributed by atoms with van der Waals surface area (Å²) in [5.41, 5.74) is 10.1. The van der Waals surface area contributed by atoms with Crippen molar-refractivity contribution in [3.8, 4) is 0 Å². The van der Waals surface area contributed by atoms with E-state index in [0.29, 0.717) is 0 Å². The summed E-state index contributed by atoms with van der Waals surface area (Å²) in [4.78, 5) is 1.66. The van der Waals surface area contributed by atoms with Crippen molar-refractivity contribution in [3.63, 3.8) is 0 Å². The highest BCUT2D eigenvalue weighted by molar-refractivity contribution is 7.86. The Labute approximate surface area is 505 Å². The van der Waals surface area contributed by atoms with Gasteiger partial charge in [-0.05, 0) is 208 Å². The minimum Gasteiger partial charge on any atom is -0.356 e. The van der Waals surface area contributed by atoms with E-state index in [4.69, 9.17) is 18.2 Å². The van der Waals surface area contributed by atoms with Gasteiger partial charge in [-0.2, -0.15) is 33.7 Å². The molecule has 0 bridgehead atoms. The lowest BCUT2D eigenvalue weighted by Crippen LogP contribution is -2.08. The van der Waals surface area contributed by atoms with Gasteiger partial charge >= 0.3 is 0 Å². The Morgan fingerprint density at radius 1 is 0.287 bits per heavy atom. The average Bonchev–Trinajstić information content (AvgIpc) is 3.20. The highest BCUT2D eigenvalue weighted by atomic mass is 32.2. The van der Waals surface area contributed by atoms with Gasteiger partial charge in [0.05, 0.1) is 19.6 Å². The molecule has 0 spiro atoms. The molecule has 442 valence electrons. The summed E-state index contributed by atoms with van der Waals surface area (Å²) in [5, 5.41) is 16.5. The van der Waals surface area contributed by atoms with Crippen molar-refractivity contribution in [3.05, 3.63) is 266 Å². The van der Waals surface area contributed by atoms with Gasteiger partial charge in [-0.1, -0.05) is 115 Å². The number of para-hydroxylation sites is 3. The molecule has 0 atom stereocenters. The summed E-state index contributed by atoms with van der Waals surface area (Å²) in [5.74, 6) is 0. The maximum absolute atomic E-state index is 11.2. The van der Waals surface area contributed by atoms with Crippen molar-refractivity contribution < 1.29 is 51.9 Å². The quantitative estimate of drug-likeness (QED) is 0.0561. The molecule has 0 aromatic heterocycles. The topological polar surface area (TPSA) is 257 Å². The molecule has 20 heteroatoms. The van der Waals surface area contributed by atoms with Crippen LogP contribution in [0.1, 0.15) is 11.1 Å². The summed E-state index contributed by atoms with van der Waals surface area (Å²) in [7, 11) is -14.7. The van der Waals surface area contributed by atoms with Gasteiger partial charge in [0, 0.05) is 52.5 Å². The second-order valence-corrected chi connectivity index (χ2v) is 25.8. The molecular weight excluding hydrogens is 1180 g/mol. The van der Waals surface area contributed by atoms with Gasteiger partial charge in [-0.25, -0.2) is 0 Å². The van der Waals surface area contributed by atoms with E-state index >= 15 is 0 Å². The highest BCUT2D eigenvalue weighted by Gasteiger charge is 2.14. The number of nitrogens with zero attached hydrogens (tertiary/aromatic N) is 1. The maximum Gasteiger partial charge on any atom is 0.294 e. The van der Waals surface area contributed by atoms with E-state index < -0.39 is 40.5 Å². The molecule has 0 aliphatic rings. The predicted molar refractivity (Wildman–Crippen MR) is 348 cm³/mol. The standard InChI is InChI=1S/3C17H15NO3S.C16H13NO3S/c1-12-3-2-4-15(9-12)18-16-7-5-14-11-17(22(19,20)21)8-6-13(14)10-16;1-12-4-2-3-5-17(12)18-15-8-6-14-11-16(22(19,20)21)9-7-13(14)10-15;1-18(15-5-3-2-4-6-15)16-9-7-14-12-17(22(19,20)21)10-8-13(14)11-16;18-21(19,20)16-9-7-12-10-15(8-6-13(12)11-16)17-14-4-2-1-3-5-14/h2*2-11,18H,1H3,(H,19,20,21);2-12H,1H3,(H,19,20,21);1-11,17H,(H,18,19,20). The Kier molecular flexibility index (Phi) is 18.8. The lowest BCUT2D eigenvalue weighted by molar-refractivity contribution is 0.481. The molecule has 87 heavy (non-hydrogen) atoms. The third kappa shape index (κ3) is 16.7. The van der Waals surface area contributed by atoms with Crippen LogP contribution < -0.4 is 20.9 Å². The Morgan fingerprint density at radius 2 is 0.621 bits per heavy atom. The van der Waals surface area contributed by atoms with Crippen LogP contribution in [0.25, 0.3) is 43.1 Å². The van der Waals surface area contributed by atoms with E-state index in [1.54, 1.807) is 24.3 Å². The fourth-order valence-electron chi connectivity index (χ4n) is 9.21. The minimum absolute atomic E-state index is 0.0934. The van der Waals surface area contributed by atoms with E-state index in [1.807, 2.05) is 203 Å². The number of anilines is 8. The third-order valence-electron chi connectivity index (χ3n) is 13.7. The van der Waals surface area contributed by atoms with Gasteiger partial charge in [0.1, 0.15) is 0 Å². The second kappa shape index (κ2) is 26.4. The number of rotatable bonds is 12. The Balaban J connectivity index is 0.000000138. The molecule has 12 rings (SSSR count). The first-order valence-electron chi connectivity index (χ1n) is 26.6. The molecule has 0 aliphatic carbocycles. The van der Waals surface area contributed by atoms with Crippen molar-refractivity contribution in [2.24, 2.45) is 0 Å². The number of benzene rings is 12. The maximum atomic E-state index is 11.2. The van der Waals surface area contributed by atoms with Gasteiger partial charge in [-0.3, -0.25) is 18.2 Å². The van der Waals surface area contributed by atoms with Crippen LogP contribution in [0.3, 0.4) is 0 Å². The summed E-state index contributed by atoms with van der Waals surface area (Å²) in [6.07, 6.45) is 0. The molecule has 0 heterocycles. The van der Waals surface area contributed by atoms with Crippen LogP contribution in [-0.2, 0) is 40.5 Å². The lowest BCUT2D eigenvalue weighted by Gasteiger charge is -2.20. The van der Waals surface area contributed by atoms with Crippen LogP contribution in [0.4, 0.5) is 45.5 Å².